The molecule has 0 heterocycles. The number of fused-ring (bicyclic) bond motifs is 1. The molecule has 0 bridgehead atoms. The van der Waals surface area contributed by atoms with Crippen LogP contribution in [-0.4, -0.2) is 54.4 Å². The molecule has 4 N–H and O–H groups in total. The molecule has 0 saturated heterocycles. The smallest absolute Gasteiger partial charge is 0.332 e. The molecule has 23 heavy (non-hydrogen) atoms. The Hall–Kier alpha value is -1.67. The lowest BCUT2D eigenvalue weighted by Gasteiger charge is -2.32. The molecular formula is C15H24N2O6. The van der Waals surface area contributed by atoms with E-state index in [-0.39, 0.29) is 37.2 Å². The molecule has 8 nitrogen and oxygen atoms in total. The summed E-state index contributed by atoms with van der Waals surface area (Å²) in [6.07, 6.45) is -0.623. The van der Waals surface area contributed by atoms with E-state index in [1.165, 1.54) is 14.0 Å². The van der Waals surface area contributed by atoms with Gasteiger partial charge in [0.1, 0.15) is 5.54 Å². The zero-order chi connectivity index (χ0) is 17.4. The number of hydrogen-bond acceptors (Lipinski definition) is 7. The molecule has 2 rings (SSSR count). The van der Waals surface area contributed by atoms with Gasteiger partial charge in [-0.2, -0.15) is 0 Å². The minimum Gasteiger partial charge on any atom is -0.469 e. The summed E-state index contributed by atoms with van der Waals surface area (Å²) in [5.41, 5.74) is 4.25. The SMILES string of the molecule is CCOC(=O)[C@]1(NC(=O)[C@H](C)N)C[C@H](O)[C@H]2[C@H](CC(=O)OC)[C@H]21. The van der Waals surface area contributed by atoms with Crippen LogP contribution in [0.3, 0.4) is 0 Å². The fourth-order valence-electron chi connectivity index (χ4n) is 3.76. The molecule has 0 aromatic carbocycles. The molecule has 130 valence electrons. The number of nitrogens with one attached hydrogen (secondary N) is 1. The Kier molecular flexibility index (Phi) is 4.95. The first-order valence-electron chi connectivity index (χ1n) is 7.78. The quantitative estimate of drug-likeness (QED) is 0.530. The summed E-state index contributed by atoms with van der Waals surface area (Å²) in [7, 11) is 1.29. The van der Waals surface area contributed by atoms with Crippen LogP contribution in [0.1, 0.15) is 26.7 Å². The predicted octanol–water partition coefficient (Wildman–Crippen LogP) is -1.06. The van der Waals surface area contributed by atoms with Gasteiger partial charge in [0.2, 0.25) is 5.91 Å². The van der Waals surface area contributed by atoms with Crippen molar-refractivity contribution in [2.24, 2.45) is 23.5 Å². The van der Waals surface area contributed by atoms with Crippen molar-refractivity contribution in [3.8, 4) is 0 Å². The van der Waals surface area contributed by atoms with Crippen LogP contribution < -0.4 is 11.1 Å². The highest BCUT2D eigenvalue weighted by atomic mass is 16.5. The van der Waals surface area contributed by atoms with Crippen LogP contribution in [-0.2, 0) is 23.9 Å². The summed E-state index contributed by atoms with van der Waals surface area (Å²) < 4.78 is 9.77. The summed E-state index contributed by atoms with van der Waals surface area (Å²) in [4.78, 5) is 36.1. The highest BCUT2D eigenvalue weighted by Crippen LogP contribution is 2.64. The van der Waals surface area contributed by atoms with E-state index >= 15 is 0 Å². The average molecular weight is 328 g/mol. The van der Waals surface area contributed by atoms with Gasteiger partial charge in [0, 0.05) is 18.8 Å². The number of ether oxygens (including phenoxy) is 2. The lowest BCUT2D eigenvalue weighted by atomic mass is 9.88. The van der Waals surface area contributed by atoms with Crippen molar-refractivity contribution in [2.75, 3.05) is 13.7 Å². The predicted molar refractivity (Wildman–Crippen MR) is 78.9 cm³/mol. The van der Waals surface area contributed by atoms with Crippen LogP contribution in [0.2, 0.25) is 0 Å². The second kappa shape index (κ2) is 6.45. The highest BCUT2D eigenvalue weighted by Gasteiger charge is 2.73. The van der Waals surface area contributed by atoms with E-state index in [1.807, 2.05) is 0 Å². The number of nitrogens with two attached hydrogens (primary N) is 1. The maximum atomic E-state index is 12.5. The standard InChI is InChI=1S/C15H24N2O6/c1-4-23-14(21)15(17-13(20)7(2)16)6-9(18)11-8(12(11)15)5-10(19)22-3/h7-9,11-12,18H,4-6,16H2,1-3H3,(H,17,20)/t7-,8-,9-,11+,12+,15-/m0/s1. The summed E-state index contributed by atoms with van der Waals surface area (Å²) in [5.74, 6) is -2.29. The third-order valence-electron chi connectivity index (χ3n) is 4.80. The van der Waals surface area contributed by atoms with Crippen molar-refractivity contribution in [3.05, 3.63) is 0 Å². The van der Waals surface area contributed by atoms with Crippen molar-refractivity contribution in [2.45, 2.75) is 44.4 Å². The van der Waals surface area contributed by atoms with Gasteiger partial charge in [-0.3, -0.25) is 9.59 Å². The number of carbonyl (C=O) groups excluding carboxylic acids is 3. The summed E-state index contributed by atoms with van der Waals surface area (Å²) in [6, 6.07) is -0.796. The molecule has 6 atom stereocenters. The number of aliphatic hydroxyl groups excluding tert-OH is 1. The van der Waals surface area contributed by atoms with Crippen LogP contribution in [0.25, 0.3) is 0 Å². The fraction of sp³-hybridized carbons (Fsp3) is 0.800. The molecule has 0 aromatic rings. The fourth-order valence-corrected chi connectivity index (χ4v) is 3.76. The van der Waals surface area contributed by atoms with Crippen molar-refractivity contribution >= 4 is 17.8 Å². The van der Waals surface area contributed by atoms with Crippen molar-refractivity contribution in [1.29, 1.82) is 0 Å². The molecule has 8 heteroatoms. The molecule has 1 amide bonds. The molecule has 2 fully saturated rings. The normalized spacial score (nSPS) is 35.9. The Morgan fingerprint density at radius 3 is 2.61 bits per heavy atom. The van der Waals surface area contributed by atoms with Crippen LogP contribution in [0.5, 0.6) is 0 Å². The van der Waals surface area contributed by atoms with Crippen molar-refractivity contribution in [1.82, 2.24) is 5.32 Å². The van der Waals surface area contributed by atoms with Crippen LogP contribution in [0.15, 0.2) is 0 Å². The molecule has 0 radical (unpaired) electrons. The summed E-state index contributed by atoms with van der Waals surface area (Å²) in [5, 5.41) is 12.9. The summed E-state index contributed by atoms with van der Waals surface area (Å²) in [6.45, 7) is 3.33. The van der Waals surface area contributed by atoms with E-state index in [0.717, 1.165) is 0 Å². The number of carbonyl (C=O) groups is 3. The molecule has 0 spiro atoms. The van der Waals surface area contributed by atoms with Crippen molar-refractivity contribution in [3.63, 3.8) is 0 Å². The van der Waals surface area contributed by atoms with Gasteiger partial charge in [0.05, 0.1) is 25.9 Å². The zero-order valence-electron chi connectivity index (χ0n) is 13.6. The van der Waals surface area contributed by atoms with Gasteiger partial charge >= 0.3 is 11.9 Å². The van der Waals surface area contributed by atoms with Crippen LogP contribution in [0.4, 0.5) is 0 Å². The van der Waals surface area contributed by atoms with Crippen LogP contribution >= 0.6 is 0 Å². The lowest BCUT2D eigenvalue weighted by Crippen LogP contribution is -2.59. The Bertz CT molecular complexity index is 508. The maximum Gasteiger partial charge on any atom is 0.332 e. The van der Waals surface area contributed by atoms with Gasteiger partial charge in [-0.05, 0) is 25.7 Å². The number of methoxy groups -OCH3 is 1. The number of aliphatic hydroxyl groups is 1. The van der Waals surface area contributed by atoms with E-state index in [4.69, 9.17) is 10.5 Å². The Balaban J connectivity index is 2.25. The Labute approximate surface area is 134 Å². The molecule has 2 aliphatic rings. The molecule has 0 unspecified atom stereocenters. The van der Waals surface area contributed by atoms with Gasteiger partial charge in [-0.1, -0.05) is 0 Å². The third-order valence-corrected chi connectivity index (χ3v) is 4.80. The van der Waals surface area contributed by atoms with Gasteiger partial charge in [0.15, 0.2) is 0 Å². The van der Waals surface area contributed by atoms with Crippen molar-refractivity contribution < 1.29 is 29.0 Å². The number of rotatable bonds is 6. The second-order valence-corrected chi connectivity index (χ2v) is 6.29. The first kappa shape index (κ1) is 17.7. The zero-order valence-corrected chi connectivity index (χ0v) is 13.6. The van der Waals surface area contributed by atoms with E-state index < -0.39 is 35.5 Å². The van der Waals surface area contributed by atoms with E-state index in [2.05, 4.69) is 10.1 Å². The van der Waals surface area contributed by atoms with Crippen LogP contribution in [0, 0.1) is 17.8 Å². The Morgan fingerprint density at radius 2 is 2.09 bits per heavy atom. The molecular weight excluding hydrogens is 304 g/mol. The lowest BCUT2D eigenvalue weighted by molar-refractivity contribution is -0.155. The monoisotopic (exact) mass is 328 g/mol. The van der Waals surface area contributed by atoms with Gasteiger partial charge in [-0.15, -0.1) is 0 Å². The first-order valence-corrected chi connectivity index (χ1v) is 7.78. The van der Waals surface area contributed by atoms with E-state index in [1.54, 1.807) is 6.92 Å². The minimum atomic E-state index is -1.33. The first-order chi connectivity index (χ1) is 10.8. The number of esters is 2. The van der Waals surface area contributed by atoms with Gasteiger partial charge in [0.25, 0.3) is 0 Å². The van der Waals surface area contributed by atoms with E-state index in [9.17, 15) is 19.5 Å². The minimum absolute atomic E-state index is 0.0668. The topological polar surface area (TPSA) is 128 Å². The van der Waals surface area contributed by atoms with E-state index in [0.29, 0.717) is 0 Å². The maximum absolute atomic E-state index is 12.5. The molecule has 2 saturated carbocycles. The summed E-state index contributed by atoms with van der Waals surface area (Å²) >= 11 is 0. The molecule has 0 aromatic heterocycles. The number of hydrogen-bond donors (Lipinski definition) is 3. The third kappa shape index (κ3) is 3.05. The molecule has 0 aliphatic heterocycles. The average Bonchev–Trinajstić information content (AvgIpc) is 3.11. The second-order valence-electron chi connectivity index (χ2n) is 6.29. The Morgan fingerprint density at radius 1 is 1.43 bits per heavy atom. The largest absolute Gasteiger partial charge is 0.469 e. The highest BCUT2D eigenvalue weighted by molar-refractivity contribution is 5.91. The van der Waals surface area contributed by atoms with Gasteiger partial charge in [-0.25, -0.2) is 4.79 Å². The molecule has 2 aliphatic carbocycles. The number of amides is 1. The van der Waals surface area contributed by atoms with Gasteiger partial charge < -0.3 is 25.6 Å².